The number of hydrogen-bond acceptors (Lipinski definition) is 4. The van der Waals surface area contributed by atoms with Gasteiger partial charge in [0.15, 0.2) is 18.1 Å². The average molecular weight is 238 g/mol. The number of amides is 1. The van der Waals surface area contributed by atoms with Crippen molar-refractivity contribution in [2.75, 3.05) is 20.3 Å². The Bertz CT molecular complexity index is 380. The van der Waals surface area contributed by atoms with Gasteiger partial charge in [0, 0.05) is 13.6 Å². The molecule has 0 aliphatic rings. The molecule has 1 rings (SSSR count). The second-order valence-electron chi connectivity index (χ2n) is 3.38. The lowest BCUT2D eigenvalue weighted by atomic mass is 10.2. The molecule has 1 aromatic rings. The molecule has 0 fully saturated rings. The molecule has 0 saturated heterocycles. The maximum absolute atomic E-state index is 11.1. The summed E-state index contributed by atoms with van der Waals surface area (Å²) in [5.41, 5.74) is 6.51. The van der Waals surface area contributed by atoms with E-state index in [9.17, 15) is 4.79 Å². The molecule has 0 unspecified atom stereocenters. The van der Waals surface area contributed by atoms with Crippen LogP contribution in [0.4, 0.5) is 0 Å². The first kappa shape index (κ1) is 13.3. The van der Waals surface area contributed by atoms with Crippen molar-refractivity contribution in [2.45, 2.75) is 13.5 Å². The van der Waals surface area contributed by atoms with Crippen LogP contribution in [0.5, 0.6) is 11.5 Å². The van der Waals surface area contributed by atoms with E-state index in [1.165, 1.54) is 0 Å². The highest BCUT2D eigenvalue weighted by Crippen LogP contribution is 2.28. The number of nitrogens with two attached hydrogens (primary N) is 1. The zero-order chi connectivity index (χ0) is 12.7. The molecule has 0 heterocycles. The van der Waals surface area contributed by atoms with Crippen LogP contribution in [0.3, 0.4) is 0 Å². The fraction of sp³-hybridized carbons (Fsp3) is 0.417. The number of benzene rings is 1. The minimum absolute atomic E-state index is 0.0292. The second kappa shape index (κ2) is 6.75. The fourth-order valence-corrected chi connectivity index (χ4v) is 1.28. The quantitative estimate of drug-likeness (QED) is 0.764. The van der Waals surface area contributed by atoms with Crippen molar-refractivity contribution < 1.29 is 14.3 Å². The highest BCUT2D eigenvalue weighted by atomic mass is 16.5. The standard InChI is InChI=1S/C12H18N2O3/c1-3-16-11-6-9(7-13)4-5-10(11)17-8-12(15)14-2/h4-6H,3,7-8,13H2,1-2H3,(H,14,15). The van der Waals surface area contributed by atoms with Gasteiger partial charge >= 0.3 is 0 Å². The lowest BCUT2D eigenvalue weighted by Crippen LogP contribution is -2.25. The number of carbonyl (C=O) groups excluding carboxylic acids is 1. The number of carbonyl (C=O) groups is 1. The number of ether oxygens (including phenoxy) is 2. The molecule has 94 valence electrons. The summed E-state index contributed by atoms with van der Waals surface area (Å²) in [7, 11) is 1.56. The van der Waals surface area contributed by atoms with E-state index in [1.54, 1.807) is 13.1 Å². The topological polar surface area (TPSA) is 73.6 Å². The van der Waals surface area contributed by atoms with Gasteiger partial charge in [-0.1, -0.05) is 6.07 Å². The third-order valence-corrected chi connectivity index (χ3v) is 2.18. The SMILES string of the molecule is CCOc1cc(CN)ccc1OCC(=O)NC. The first-order valence-corrected chi connectivity index (χ1v) is 5.50. The molecule has 0 aliphatic carbocycles. The largest absolute Gasteiger partial charge is 0.490 e. The van der Waals surface area contributed by atoms with Crippen LogP contribution in [0.1, 0.15) is 12.5 Å². The molecule has 5 heteroatoms. The monoisotopic (exact) mass is 238 g/mol. The summed E-state index contributed by atoms with van der Waals surface area (Å²) in [5, 5.41) is 2.48. The Balaban J connectivity index is 2.78. The molecule has 3 N–H and O–H groups in total. The Morgan fingerprint density at radius 1 is 1.35 bits per heavy atom. The van der Waals surface area contributed by atoms with Crippen LogP contribution in [0.25, 0.3) is 0 Å². The molecule has 0 saturated carbocycles. The minimum atomic E-state index is -0.185. The first-order valence-electron chi connectivity index (χ1n) is 5.50. The van der Waals surface area contributed by atoms with Crippen molar-refractivity contribution in [3.63, 3.8) is 0 Å². The number of likely N-dealkylation sites (N-methyl/N-ethyl adjacent to an activating group) is 1. The van der Waals surface area contributed by atoms with E-state index in [1.807, 2.05) is 19.1 Å². The van der Waals surface area contributed by atoms with Crippen molar-refractivity contribution in [2.24, 2.45) is 5.73 Å². The third kappa shape index (κ3) is 3.96. The molecule has 0 radical (unpaired) electrons. The van der Waals surface area contributed by atoms with Crippen molar-refractivity contribution >= 4 is 5.91 Å². The van der Waals surface area contributed by atoms with Gasteiger partial charge in [-0.3, -0.25) is 4.79 Å². The van der Waals surface area contributed by atoms with Gasteiger partial charge in [-0.25, -0.2) is 0 Å². The van der Waals surface area contributed by atoms with Gasteiger partial charge in [0.05, 0.1) is 6.61 Å². The van der Waals surface area contributed by atoms with Gasteiger partial charge in [-0.15, -0.1) is 0 Å². The zero-order valence-corrected chi connectivity index (χ0v) is 10.2. The van der Waals surface area contributed by atoms with Gasteiger partial charge < -0.3 is 20.5 Å². The van der Waals surface area contributed by atoms with Gasteiger partial charge in [0.2, 0.25) is 0 Å². The van der Waals surface area contributed by atoms with E-state index in [2.05, 4.69) is 5.32 Å². The normalized spacial score (nSPS) is 9.82. The predicted octanol–water partition coefficient (Wildman–Crippen LogP) is 0.669. The van der Waals surface area contributed by atoms with E-state index in [4.69, 9.17) is 15.2 Å². The van der Waals surface area contributed by atoms with Crippen LogP contribution in [0.2, 0.25) is 0 Å². The van der Waals surface area contributed by atoms with Gasteiger partial charge in [-0.2, -0.15) is 0 Å². The molecule has 0 aliphatic heterocycles. The molecule has 1 amide bonds. The molecular weight excluding hydrogens is 220 g/mol. The van der Waals surface area contributed by atoms with Gasteiger partial charge in [-0.05, 0) is 24.6 Å². The van der Waals surface area contributed by atoms with Crippen LogP contribution in [-0.4, -0.2) is 26.2 Å². The lowest BCUT2D eigenvalue weighted by Gasteiger charge is -2.12. The summed E-state index contributed by atoms with van der Waals surface area (Å²) in [6, 6.07) is 5.43. The Hall–Kier alpha value is -1.75. The Labute approximate surface area is 101 Å². The number of rotatable bonds is 6. The van der Waals surface area contributed by atoms with E-state index < -0.39 is 0 Å². The summed E-state index contributed by atoms with van der Waals surface area (Å²) < 4.78 is 10.8. The summed E-state index contributed by atoms with van der Waals surface area (Å²) in [6.45, 7) is 2.83. The molecule has 0 spiro atoms. The average Bonchev–Trinajstić information content (AvgIpc) is 2.37. The van der Waals surface area contributed by atoms with Crippen LogP contribution in [0, 0.1) is 0 Å². The summed E-state index contributed by atoms with van der Waals surface area (Å²) in [5.74, 6) is 0.974. The van der Waals surface area contributed by atoms with Crippen molar-refractivity contribution in [3.8, 4) is 11.5 Å². The second-order valence-corrected chi connectivity index (χ2v) is 3.38. The van der Waals surface area contributed by atoms with Crippen molar-refractivity contribution in [1.82, 2.24) is 5.32 Å². The summed E-state index contributed by atoms with van der Waals surface area (Å²) in [4.78, 5) is 11.1. The van der Waals surface area contributed by atoms with Crippen LogP contribution in [-0.2, 0) is 11.3 Å². The van der Waals surface area contributed by atoms with E-state index in [0.717, 1.165) is 5.56 Å². The van der Waals surface area contributed by atoms with Crippen molar-refractivity contribution in [1.29, 1.82) is 0 Å². The molecule has 0 bridgehead atoms. The van der Waals surface area contributed by atoms with Gasteiger partial charge in [0.1, 0.15) is 0 Å². The number of hydrogen-bond donors (Lipinski definition) is 2. The molecule has 17 heavy (non-hydrogen) atoms. The maximum atomic E-state index is 11.1. The highest BCUT2D eigenvalue weighted by molar-refractivity contribution is 5.77. The molecular formula is C12H18N2O3. The summed E-state index contributed by atoms with van der Waals surface area (Å²) >= 11 is 0. The van der Waals surface area contributed by atoms with E-state index >= 15 is 0 Å². The fourth-order valence-electron chi connectivity index (χ4n) is 1.28. The Morgan fingerprint density at radius 2 is 2.12 bits per heavy atom. The zero-order valence-electron chi connectivity index (χ0n) is 10.2. The van der Waals surface area contributed by atoms with Crippen LogP contribution < -0.4 is 20.5 Å². The van der Waals surface area contributed by atoms with E-state index in [0.29, 0.717) is 24.7 Å². The molecule has 5 nitrogen and oxygen atoms in total. The molecule has 1 aromatic carbocycles. The first-order chi connectivity index (χ1) is 8.21. The smallest absolute Gasteiger partial charge is 0.257 e. The van der Waals surface area contributed by atoms with Crippen molar-refractivity contribution in [3.05, 3.63) is 23.8 Å². The Kier molecular flexibility index (Phi) is 5.29. The maximum Gasteiger partial charge on any atom is 0.257 e. The molecule has 0 aromatic heterocycles. The lowest BCUT2D eigenvalue weighted by molar-refractivity contribution is -0.122. The number of nitrogens with one attached hydrogen (secondary N) is 1. The minimum Gasteiger partial charge on any atom is -0.490 e. The van der Waals surface area contributed by atoms with Crippen LogP contribution in [0.15, 0.2) is 18.2 Å². The van der Waals surface area contributed by atoms with Gasteiger partial charge in [0.25, 0.3) is 5.91 Å². The molecule has 0 atom stereocenters. The highest BCUT2D eigenvalue weighted by Gasteiger charge is 2.07. The van der Waals surface area contributed by atoms with E-state index in [-0.39, 0.29) is 12.5 Å². The Morgan fingerprint density at radius 3 is 2.71 bits per heavy atom. The predicted molar refractivity (Wildman–Crippen MR) is 65.1 cm³/mol. The van der Waals surface area contributed by atoms with Crippen LogP contribution >= 0.6 is 0 Å². The summed E-state index contributed by atoms with van der Waals surface area (Å²) in [6.07, 6.45) is 0. The third-order valence-electron chi connectivity index (χ3n) is 2.18.